The Morgan fingerprint density at radius 3 is 2.53 bits per heavy atom. The van der Waals surface area contributed by atoms with Crippen molar-refractivity contribution in [1.82, 2.24) is 4.73 Å². The van der Waals surface area contributed by atoms with Crippen LogP contribution in [-0.4, -0.2) is 21.4 Å². The zero-order chi connectivity index (χ0) is 14.0. The van der Waals surface area contributed by atoms with E-state index in [0.717, 1.165) is 10.3 Å². The zero-order valence-electron chi connectivity index (χ0n) is 11.1. The van der Waals surface area contributed by atoms with Crippen LogP contribution in [0, 0.1) is 6.92 Å². The van der Waals surface area contributed by atoms with Crippen LogP contribution in [0.25, 0.3) is 0 Å². The Morgan fingerprint density at radius 1 is 1.05 bits per heavy atom. The van der Waals surface area contributed by atoms with Crippen molar-refractivity contribution in [2.45, 2.75) is 20.8 Å². The number of carbonyl (C=O) groups excluding carboxylic acids is 1. The van der Waals surface area contributed by atoms with Gasteiger partial charge in [-0.3, -0.25) is 4.79 Å². The molecule has 1 aromatic heterocycles. The summed E-state index contributed by atoms with van der Waals surface area (Å²) >= 11 is 0. The van der Waals surface area contributed by atoms with Crippen molar-refractivity contribution >= 4 is 11.5 Å². The highest BCUT2D eigenvalue weighted by Gasteiger charge is 2.12. The maximum Gasteiger partial charge on any atom is 0.190 e. The molecule has 1 aliphatic carbocycles. The van der Waals surface area contributed by atoms with E-state index in [1.54, 1.807) is 45.0 Å². The maximum atomic E-state index is 11.4. The highest BCUT2D eigenvalue weighted by molar-refractivity contribution is 6.21. The molecule has 1 aromatic rings. The summed E-state index contributed by atoms with van der Waals surface area (Å²) in [6.07, 6.45) is 3.23. The molecule has 0 bridgehead atoms. The van der Waals surface area contributed by atoms with Crippen LogP contribution in [0.15, 0.2) is 51.7 Å². The van der Waals surface area contributed by atoms with Crippen LogP contribution in [0.3, 0.4) is 0 Å². The molecule has 0 aliphatic heterocycles. The lowest BCUT2D eigenvalue weighted by Gasteiger charge is -2.07. The molecule has 98 valence electrons. The molecule has 0 amide bonds. The summed E-state index contributed by atoms with van der Waals surface area (Å²) in [5.74, 6) is -0.00997. The molecular formula is C14H15N3O2. The van der Waals surface area contributed by atoms with Gasteiger partial charge in [-0.25, -0.2) is 0 Å². The van der Waals surface area contributed by atoms with Crippen molar-refractivity contribution < 1.29 is 10.0 Å². The molecule has 0 aromatic carbocycles. The molecular weight excluding hydrogens is 242 g/mol. The van der Waals surface area contributed by atoms with Gasteiger partial charge in [-0.1, -0.05) is 6.07 Å². The predicted octanol–water partition coefficient (Wildman–Crippen LogP) is 1.77. The van der Waals surface area contributed by atoms with Gasteiger partial charge in [0, 0.05) is 0 Å². The lowest BCUT2D eigenvalue weighted by atomic mass is 9.99. The molecule has 1 N–H and O–H groups in total. The summed E-state index contributed by atoms with van der Waals surface area (Å²) in [5, 5.41) is 17.8. The van der Waals surface area contributed by atoms with E-state index in [9.17, 15) is 10.0 Å². The van der Waals surface area contributed by atoms with Gasteiger partial charge in [-0.05, 0) is 56.2 Å². The van der Waals surface area contributed by atoms with Crippen molar-refractivity contribution in [1.29, 1.82) is 0 Å². The van der Waals surface area contributed by atoms with Crippen molar-refractivity contribution in [3.8, 4) is 0 Å². The lowest BCUT2D eigenvalue weighted by molar-refractivity contribution is -0.111. The molecule has 5 heteroatoms. The van der Waals surface area contributed by atoms with Crippen molar-refractivity contribution in [3.63, 3.8) is 0 Å². The molecule has 0 unspecified atom stereocenters. The number of hydrogen-bond donors (Lipinski definition) is 1. The minimum absolute atomic E-state index is 0.00997. The Balaban J connectivity index is 2.46. The Morgan fingerprint density at radius 2 is 1.79 bits per heavy atom. The Labute approximate surface area is 110 Å². The minimum Gasteiger partial charge on any atom is -0.427 e. The molecule has 0 saturated heterocycles. The van der Waals surface area contributed by atoms with Crippen molar-refractivity contribution in [2.75, 3.05) is 0 Å². The first-order valence-electron chi connectivity index (χ1n) is 5.90. The standard InChI is InChI=1S/C14H15N3O2/c1-9-8-13(18)10(2)7-12(9)15-16-14-6-4-5-11(3)17(14)19/h4-8,19H,1-3H3/b15-12?,16-14+. The van der Waals surface area contributed by atoms with Crippen LogP contribution >= 0.6 is 0 Å². The fourth-order valence-corrected chi connectivity index (χ4v) is 1.66. The van der Waals surface area contributed by atoms with Crippen LogP contribution in [0.2, 0.25) is 0 Å². The van der Waals surface area contributed by atoms with E-state index in [1.165, 1.54) is 6.08 Å². The summed E-state index contributed by atoms with van der Waals surface area (Å²) in [7, 11) is 0. The van der Waals surface area contributed by atoms with Crippen LogP contribution in [0.1, 0.15) is 19.5 Å². The number of allylic oxidation sites excluding steroid dienone is 4. The normalized spacial score (nSPS) is 18.6. The SMILES string of the molecule is CC1=CC(=N/N=c2\cccc(C)n2O)C(C)=CC1=O. The third-order valence-corrected chi connectivity index (χ3v) is 2.89. The third kappa shape index (κ3) is 2.70. The van der Waals surface area contributed by atoms with E-state index in [0.29, 0.717) is 22.5 Å². The second-order valence-electron chi connectivity index (χ2n) is 4.44. The summed E-state index contributed by atoms with van der Waals surface area (Å²) < 4.78 is 0.966. The van der Waals surface area contributed by atoms with E-state index in [2.05, 4.69) is 10.2 Å². The van der Waals surface area contributed by atoms with Crippen molar-refractivity contribution in [3.05, 3.63) is 52.7 Å². The summed E-state index contributed by atoms with van der Waals surface area (Å²) in [6, 6.07) is 5.20. The van der Waals surface area contributed by atoms with E-state index in [1.807, 2.05) is 0 Å². The summed E-state index contributed by atoms with van der Waals surface area (Å²) in [6.45, 7) is 5.30. The van der Waals surface area contributed by atoms with Crippen LogP contribution in [0.4, 0.5) is 0 Å². The van der Waals surface area contributed by atoms with Gasteiger partial charge in [0.2, 0.25) is 0 Å². The number of aryl methyl sites for hydroxylation is 1. The van der Waals surface area contributed by atoms with E-state index in [4.69, 9.17) is 0 Å². The zero-order valence-corrected chi connectivity index (χ0v) is 11.1. The van der Waals surface area contributed by atoms with Gasteiger partial charge in [0.05, 0.1) is 11.4 Å². The van der Waals surface area contributed by atoms with Crippen LogP contribution < -0.4 is 5.49 Å². The van der Waals surface area contributed by atoms with Crippen LogP contribution in [-0.2, 0) is 4.79 Å². The topological polar surface area (TPSA) is 66.9 Å². The number of aromatic nitrogens is 1. The van der Waals surface area contributed by atoms with Crippen LogP contribution in [0.5, 0.6) is 0 Å². The van der Waals surface area contributed by atoms with E-state index in [-0.39, 0.29) is 5.78 Å². The highest BCUT2D eigenvalue weighted by atomic mass is 16.5. The number of carbonyl (C=O) groups is 1. The van der Waals surface area contributed by atoms with Gasteiger partial charge in [-0.15, -0.1) is 10.2 Å². The monoisotopic (exact) mass is 257 g/mol. The molecule has 5 nitrogen and oxygen atoms in total. The molecule has 0 spiro atoms. The summed E-state index contributed by atoms with van der Waals surface area (Å²) in [5.41, 5.74) is 3.01. The molecule has 19 heavy (non-hydrogen) atoms. The summed E-state index contributed by atoms with van der Waals surface area (Å²) in [4.78, 5) is 11.4. The van der Waals surface area contributed by atoms with Gasteiger partial charge < -0.3 is 5.21 Å². The largest absolute Gasteiger partial charge is 0.427 e. The van der Waals surface area contributed by atoms with Gasteiger partial charge in [0.25, 0.3) is 0 Å². The quantitative estimate of drug-likeness (QED) is 0.473. The Bertz CT molecular complexity index is 691. The fourth-order valence-electron chi connectivity index (χ4n) is 1.66. The van der Waals surface area contributed by atoms with Gasteiger partial charge >= 0.3 is 0 Å². The third-order valence-electron chi connectivity index (χ3n) is 2.89. The first-order valence-corrected chi connectivity index (χ1v) is 5.90. The molecule has 1 aliphatic rings. The number of rotatable bonds is 1. The highest BCUT2D eigenvalue weighted by Crippen LogP contribution is 2.11. The van der Waals surface area contributed by atoms with E-state index < -0.39 is 0 Å². The molecule has 1 heterocycles. The number of ketones is 1. The molecule has 0 radical (unpaired) electrons. The second kappa shape index (κ2) is 5.06. The first-order chi connectivity index (χ1) is 8.99. The van der Waals surface area contributed by atoms with E-state index >= 15 is 0 Å². The Kier molecular flexibility index (Phi) is 3.46. The predicted molar refractivity (Wildman–Crippen MR) is 71.9 cm³/mol. The molecule has 0 saturated carbocycles. The van der Waals surface area contributed by atoms with Gasteiger partial charge in [0.15, 0.2) is 11.3 Å². The van der Waals surface area contributed by atoms with Gasteiger partial charge in [0.1, 0.15) is 0 Å². The number of pyridine rings is 1. The molecule has 0 atom stereocenters. The maximum absolute atomic E-state index is 11.4. The van der Waals surface area contributed by atoms with Crippen molar-refractivity contribution in [2.24, 2.45) is 10.2 Å². The average molecular weight is 257 g/mol. The first kappa shape index (κ1) is 13.0. The molecule has 2 rings (SSSR count). The lowest BCUT2D eigenvalue weighted by Crippen LogP contribution is -2.20. The minimum atomic E-state index is -0.00997. The second-order valence-corrected chi connectivity index (χ2v) is 4.44. The van der Waals surface area contributed by atoms with Gasteiger partial charge in [-0.2, -0.15) is 4.73 Å². The molecule has 0 fully saturated rings. The average Bonchev–Trinajstić information content (AvgIpc) is 2.37. The number of nitrogens with zero attached hydrogens (tertiary/aromatic N) is 3. The number of hydrogen-bond acceptors (Lipinski definition) is 4. The smallest absolute Gasteiger partial charge is 0.190 e. The fraction of sp³-hybridized carbons (Fsp3) is 0.214. The Hall–Kier alpha value is -2.43.